The summed E-state index contributed by atoms with van der Waals surface area (Å²) in [5.41, 5.74) is 4.81. The monoisotopic (exact) mass is 86.0 g/mol. The molecule has 0 aromatic rings. The van der Waals surface area contributed by atoms with Crippen LogP contribution in [0.15, 0.2) is 12.4 Å². The summed E-state index contributed by atoms with van der Waals surface area (Å²) in [6, 6.07) is 0. The van der Waals surface area contributed by atoms with Gasteiger partial charge in [0.2, 0.25) is 6.41 Å². The molecule has 34 valence electrons. The Bertz CT molecular complexity index is 59.8. The quantitative estimate of drug-likeness (QED) is 0.430. The van der Waals surface area contributed by atoms with Crippen molar-refractivity contribution in [2.75, 3.05) is 0 Å². The number of rotatable bonds is 2. The molecule has 3 N–H and O–H groups in total. The number of carbonyl (C=O) groups excluding carboxylic acids is 1. The fraction of sp³-hybridized carbons (Fsp3) is 0. The van der Waals surface area contributed by atoms with Crippen LogP contribution in [0.3, 0.4) is 0 Å². The second-order valence-electron chi connectivity index (χ2n) is 0.644. The third kappa shape index (κ3) is 3.01. The molecule has 1 amide bonds. The fourth-order valence-corrected chi connectivity index (χ4v) is 0.0948. The Labute approximate surface area is 35.8 Å². The molecule has 3 heteroatoms. The second kappa shape index (κ2) is 4.01. The van der Waals surface area contributed by atoms with E-state index in [4.69, 9.17) is 5.73 Å². The summed E-state index contributed by atoms with van der Waals surface area (Å²) in [5, 5.41) is 2.21. The van der Waals surface area contributed by atoms with E-state index in [0.29, 0.717) is 6.41 Å². The van der Waals surface area contributed by atoms with Gasteiger partial charge in [-0.05, 0) is 0 Å². The Morgan fingerprint density at radius 1 is 1.67 bits per heavy atom. The highest BCUT2D eigenvalue weighted by Gasteiger charge is 1.56. The highest BCUT2D eigenvalue weighted by Crippen LogP contribution is 1.43. The molecule has 0 aliphatic rings. The second-order valence-corrected chi connectivity index (χ2v) is 0.644. The molecule has 3 nitrogen and oxygen atoms in total. The average molecular weight is 86.1 g/mol. The van der Waals surface area contributed by atoms with Gasteiger partial charge in [-0.3, -0.25) is 4.79 Å². The zero-order chi connectivity index (χ0) is 4.83. The van der Waals surface area contributed by atoms with Gasteiger partial charge in [-0.15, -0.1) is 0 Å². The van der Waals surface area contributed by atoms with Crippen molar-refractivity contribution >= 4 is 6.41 Å². The minimum Gasteiger partial charge on any atom is -0.403 e. The molecule has 0 bridgehead atoms. The van der Waals surface area contributed by atoms with Crippen LogP contribution in [0.2, 0.25) is 0 Å². The van der Waals surface area contributed by atoms with Gasteiger partial charge in [0.15, 0.2) is 0 Å². The first-order valence-electron chi connectivity index (χ1n) is 1.48. The highest BCUT2D eigenvalue weighted by atomic mass is 16.1. The van der Waals surface area contributed by atoms with Gasteiger partial charge in [0.1, 0.15) is 0 Å². The molecule has 0 aromatic heterocycles. The van der Waals surface area contributed by atoms with Crippen molar-refractivity contribution in [3.8, 4) is 0 Å². The van der Waals surface area contributed by atoms with Crippen molar-refractivity contribution in [3.63, 3.8) is 0 Å². The van der Waals surface area contributed by atoms with Crippen LogP contribution in [0, 0.1) is 0 Å². The topological polar surface area (TPSA) is 55.1 Å². The van der Waals surface area contributed by atoms with Crippen LogP contribution in [0.4, 0.5) is 0 Å². The van der Waals surface area contributed by atoms with E-state index in [1.165, 1.54) is 12.4 Å². The van der Waals surface area contributed by atoms with Gasteiger partial charge in [0.05, 0.1) is 0 Å². The first-order valence-corrected chi connectivity index (χ1v) is 1.48. The van der Waals surface area contributed by atoms with E-state index in [2.05, 4.69) is 5.32 Å². The van der Waals surface area contributed by atoms with E-state index >= 15 is 0 Å². The van der Waals surface area contributed by atoms with Gasteiger partial charge in [-0.2, -0.15) is 0 Å². The van der Waals surface area contributed by atoms with Crippen molar-refractivity contribution in [1.29, 1.82) is 0 Å². The van der Waals surface area contributed by atoms with Gasteiger partial charge >= 0.3 is 0 Å². The van der Waals surface area contributed by atoms with E-state index in [9.17, 15) is 4.79 Å². The van der Waals surface area contributed by atoms with Gasteiger partial charge in [-0.25, -0.2) is 0 Å². The third-order valence-electron chi connectivity index (χ3n) is 0.260. The van der Waals surface area contributed by atoms with Gasteiger partial charge < -0.3 is 11.1 Å². The summed E-state index contributed by atoms with van der Waals surface area (Å²) in [4.78, 5) is 9.35. The summed E-state index contributed by atoms with van der Waals surface area (Å²) < 4.78 is 0. The van der Waals surface area contributed by atoms with Gasteiger partial charge in [0.25, 0.3) is 0 Å². The molecule has 0 fully saturated rings. The van der Waals surface area contributed by atoms with Crippen LogP contribution >= 0.6 is 0 Å². The van der Waals surface area contributed by atoms with E-state index in [1.54, 1.807) is 0 Å². The largest absolute Gasteiger partial charge is 0.403 e. The molecule has 6 heavy (non-hydrogen) atoms. The molecule has 0 saturated heterocycles. The molecule has 0 unspecified atom stereocenters. The maximum absolute atomic E-state index is 9.35. The van der Waals surface area contributed by atoms with Gasteiger partial charge in [0, 0.05) is 12.4 Å². The van der Waals surface area contributed by atoms with Crippen LogP contribution in [0.5, 0.6) is 0 Å². The van der Waals surface area contributed by atoms with E-state index < -0.39 is 0 Å². The number of nitrogens with one attached hydrogen (secondary N) is 1. The lowest BCUT2D eigenvalue weighted by Crippen LogP contribution is -1.99. The molecule has 0 aliphatic carbocycles. The Balaban J connectivity index is 2.85. The van der Waals surface area contributed by atoms with Crippen LogP contribution in [-0.4, -0.2) is 6.41 Å². The highest BCUT2D eigenvalue weighted by molar-refractivity contribution is 5.47. The number of amides is 1. The van der Waals surface area contributed by atoms with Crippen molar-refractivity contribution in [2.24, 2.45) is 5.73 Å². The zero-order valence-corrected chi connectivity index (χ0v) is 3.22. The Hall–Kier alpha value is -0.990. The summed E-state index contributed by atoms with van der Waals surface area (Å²) in [6.45, 7) is 0. The molecular formula is C3H6N2O. The maximum Gasteiger partial charge on any atom is 0.211 e. The van der Waals surface area contributed by atoms with Crippen molar-refractivity contribution in [3.05, 3.63) is 12.4 Å². The molecule has 0 aliphatic heterocycles. The fourth-order valence-electron chi connectivity index (χ4n) is 0.0948. The molecule has 0 rings (SSSR count). The zero-order valence-electron chi connectivity index (χ0n) is 3.22. The normalized spacial score (nSPS) is 8.67. The summed E-state index contributed by atoms with van der Waals surface area (Å²) in [6.07, 6.45) is 3.13. The first-order chi connectivity index (χ1) is 2.91. The van der Waals surface area contributed by atoms with Crippen LogP contribution in [-0.2, 0) is 4.79 Å². The van der Waals surface area contributed by atoms with Crippen LogP contribution < -0.4 is 11.1 Å². The Morgan fingerprint density at radius 2 is 2.33 bits per heavy atom. The number of hydrogen-bond donors (Lipinski definition) is 2. The molecule has 0 heterocycles. The molecule has 0 radical (unpaired) electrons. The number of nitrogens with two attached hydrogens (primary N) is 1. The Kier molecular flexibility index (Phi) is 3.35. The number of hydrogen-bond acceptors (Lipinski definition) is 2. The van der Waals surface area contributed by atoms with Crippen molar-refractivity contribution in [2.45, 2.75) is 0 Å². The predicted molar refractivity (Wildman–Crippen MR) is 22.5 cm³/mol. The predicted octanol–water partition coefficient (Wildman–Crippen LogP) is -0.838. The van der Waals surface area contributed by atoms with E-state index in [-0.39, 0.29) is 0 Å². The lowest BCUT2D eigenvalue weighted by molar-refractivity contribution is -0.108. The van der Waals surface area contributed by atoms with Crippen LogP contribution in [0.1, 0.15) is 0 Å². The maximum atomic E-state index is 9.35. The van der Waals surface area contributed by atoms with E-state index in [0.717, 1.165) is 0 Å². The number of carbonyl (C=O) groups is 1. The summed E-state index contributed by atoms with van der Waals surface area (Å²) in [5.74, 6) is 0. The first kappa shape index (κ1) is 5.01. The lowest BCUT2D eigenvalue weighted by Gasteiger charge is -1.74. The molecule has 0 aromatic carbocycles. The molecule has 0 saturated carbocycles. The van der Waals surface area contributed by atoms with Crippen molar-refractivity contribution in [1.82, 2.24) is 5.32 Å². The summed E-state index contributed by atoms with van der Waals surface area (Å²) >= 11 is 0. The van der Waals surface area contributed by atoms with Gasteiger partial charge in [-0.1, -0.05) is 0 Å². The van der Waals surface area contributed by atoms with E-state index in [1.807, 2.05) is 0 Å². The minimum atomic E-state index is 0.545. The van der Waals surface area contributed by atoms with Crippen molar-refractivity contribution < 1.29 is 4.79 Å². The third-order valence-corrected chi connectivity index (χ3v) is 0.260. The SMILES string of the molecule is N/C=C/NC=O. The lowest BCUT2D eigenvalue weighted by atomic mass is 10.9. The molecular weight excluding hydrogens is 80.0 g/mol. The Morgan fingerprint density at radius 3 is 2.50 bits per heavy atom. The minimum absolute atomic E-state index is 0.545. The van der Waals surface area contributed by atoms with Crippen LogP contribution in [0.25, 0.3) is 0 Å². The molecule has 0 atom stereocenters. The smallest absolute Gasteiger partial charge is 0.211 e. The summed E-state index contributed by atoms with van der Waals surface area (Å²) in [7, 11) is 0. The molecule has 0 spiro atoms. The average Bonchev–Trinajstić information content (AvgIpc) is 1.61. The standard InChI is InChI=1S/C3H6N2O/c4-1-2-5-3-6/h1-3H,4H2,(H,5,6)/b2-1+.